The molecule has 7 aromatic rings. The smallest absolute Gasteiger partial charge is 0.250 e. The summed E-state index contributed by atoms with van der Waals surface area (Å²) in [6, 6.07) is 70.3. The summed E-state index contributed by atoms with van der Waals surface area (Å²) in [5, 5.41) is 7.30. The average Bonchev–Trinajstić information content (AvgIpc) is 3.73. The van der Waals surface area contributed by atoms with Crippen LogP contribution in [0.25, 0.3) is 5.57 Å². The van der Waals surface area contributed by atoms with E-state index in [-0.39, 0.29) is 37.2 Å². The van der Waals surface area contributed by atoms with Gasteiger partial charge in [-0.2, -0.15) is 0 Å². The van der Waals surface area contributed by atoms with Crippen LogP contribution in [-0.2, 0) is 23.8 Å². The Labute approximate surface area is 456 Å². The van der Waals surface area contributed by atoms with Crippen molar-refractivity contribution in [1.82, 2.24) is 20.4 Å². The van der Waals surface area contributed by atoms with Crippen LogP contribution in [-0.4, -0.2) is 91.8 Å². The van der Waals surface area contributed by atoms with Gasteiger partial charge in [-0.05, 0) is 88.9 Å². The largest absolute Gasteiger partial charge is 0.364 e. The van der Waals surface area contributed by atoms with Gasteiger partial charge >= 0.3 is 0 Å². The van der Waals surface area contributed by atoms with Gasteiger partial charge in [-0.15, -0.1) is 23.5 Å². The Balaban J connectivity index is 0.950. The van der Waals surface area contributed by atoms with Gasteiger partial charge in [-0.25, -0.2) is 0 Å². The monoisotopic (exact) mass is 1060 g/mol. The predicted octanol–water partition coefficient (Wildman–Crippen LogP) is 13.0. The number of nitrogens with one attached hydrogen (secondary N) is 2. The van der Waals surface area contributed by atoms with Gasteiger partial charge in [-0.1, -0.05) is 211 Å². The molecule has 11 heteroatoms. The molecule has 2 heterocycles. The van der Waals surface area contributed by atoms with Crippen molar-refractivity contribution in [2.45, 2.75) is 47.3 Å². The third-order valence-corrected chi connectivity index (χ3v) is 18.3. The maximum atomic E-state index is 14.4. The second-order valence-corrected chi connectivity index (χ2v) is 22.3. The first-order chi connectivity index (χ1) is 36.3. The Kier molecular flexibility index (Phi) is 18.5. The van der Waals surface area contributed by atoms with Crippen molar-refractivity contribution in [2.24, 2.45) is 0 Å². The highest BCUT2D eigenvalue weighted by atomic mass is 35.5. The zero-order valence-corrected chi connectivity index (χ0v) is 45.0. The van der Waals surface area contributed by atoms with Crippen molar-refractivity contribution in [3.05, 3.63) is 255 Å². The predicted molar refractivity (Wildman–Crippen MR) is 309 cm³/mol. The number of hydrogen-bond donors (Lipinski definition) is 2. The van der Waals surface area contributed by atoms with Gasteiger partial charge in [0.05, 0.1) is 26.1 Å². The number of methoxy groups -OCH3 is 1. The van der Waals surface area contributed by atoms with Crippen molar-refractivity contribution in [3.8, 4) is 0 Å². The van der Waals surface area contributed by atoms with Crippen LogP contribution in [0.3, 0.4) is 0 Å². The number of halogens is 2. The van der Waals surface area contributed by atoms with Crippen molar-refractivity contribution >= 4 is 64.1 Å². The van der Waals surface area contributed by atoms with E-state index in [4.69, 9.17) is 27.9 Å². The molecule has 1 unspecified atom stereocenters. The lowest BCUT2D eigenvalue weighted by molar-refractivity contribution is -0.122. The first kappa shape index (κ1) is 53.2. The van der Waals surface area contributed by atoms with Crippen LogP contribution < -0.4 is 10.6 Å². The van der Waals surface area contributed by atoms with Crippen molar-refractivity contribution in [2.75, 3.05) is 58.1 Å². The van der Waals surface area contributed by atoms with Crippen molar-refractivity contribution in [1.29, 1.82) is 0 Å². The van der Waals surface area contributed by atoms with E-state index in [0.29, 0.717) is 35.4 Å². The van der Waals surface area contributed by atoms with Crippen molar-refractivity contribution < 1.29 is 14.3 Å². The molecule has 380 valence electrons. The number of fused-ring (bicyclic) bond motifs is 2. The molecule has 2 aliphatic heterocycles. The molecular weight excluding hydrogens is 996 g/mol. The van der Waals surface area contributed by atoms with E-state index in [1.807, 2.05) is 41.7 Å². The lowest BCUT2D eigenvalue weighted by Crippen LogP contribution is -2.46. The number of carbonyl (C=O) groups is 2. The van der Waals surface area contributed by atoms with Gasteiger partial charge in [0, 0.05) is 55.9 Å². The first-order valence-corrected chi connectivity index (χ1v) is 28.4. The van der Waals surface area contributed by atoms with Crippen LogP contribution in [0.5, 0.6) is 0 Å². The van der Waals surface area contributed by atoms with Crippen LogP contribution in [0.4, 0.5) is 0 Å². The normalized spacial score (nSPS) is 15.8. The number of rotatable bonds is 24. The Morgan fingerprint density at radius 1 is 0.608 bits per heavy atom. The number of carbonyl (C=O) groups excluding carboxylic acids is 2. The van der Waals surface area contributed by atoms with E-state index < -0.39 is 9.49 Å². The standard InChI is InChI=1S/C63H64Cl2N4O3S2/c1-72-46-67-61(71)60-55(47-33-35-56(64)57(65)43-47)44-54-34-36-58(60)69(54)39-20-38-68(40-42-74-63(51-27-14-5-15-28-51,52-29-16-6-17-30-52)53-31-18-7-19-32-53)45-59(70)66-37-41-73-62(48-21-8-2-9-22-48,49-23-10-3-11-24-49)50-25-12-4-13-26-50/h2-19,21-33,35,43,54,58H,20,34,36-42,44-46H2,1H3,(H,66,70)(H,67,71)/t54?,58-/m1/s1. The number of hydrogen-bond acceptors (Lipinski definition) is 7. The lowest BCUT2D eigenvalue weighted by Gasteiger charge is -2.38. The molecule has 7 aromatic carbocycles. The first-order valence-electron chi connectivity index (χ1n) is 25.6. The molecule has 7 nitrogen and oxygen atoms in total. The maximum Gasteiger partial charge on any atom is 0.250 e. The Morgan fingerprint density at radius 2 is 1.08 bits per heavy atom. The minimum Gasteiger partial charge on any atom is -0.364 e. The third-order valence-electron chi connectivity index (χ3n) is 14.4. The van der Waals surface area contributed by atoms with E-state index in [2.05, 4.69) is 202 Å². The fraction of sp³-hybridized carbons (Fsp3) is 0.270. The molecule has 1 saturated heterocycles. The highest BCUT2D eigenvalue weighted by molar-refractivity contribution is 8.00. The van der Waals surface area contributed by atoms with Crippen LogP contribution in [0, 0.1) is 0 Å². The van der Waals surface area contributed by atoms with Crippen molar-refractivity contribution in [3.63, 3.8) is 0 Å². The highest BCUT2D eigenvalue weighted by Gasteiger charge is 2.44. The molecular formula is C63H64Cl2N4O3S2. The summed E-state index contributed by atoms with van der Waals surface area (Å²) in [7, 11) is 1.58. The van der Waals surface area contributed by atoms with Gasteiger partial charge in [-0.3, -0.25) is 19.4 Å². The van der Waals surface area contributed by atoms with E-state index in [0.717, 1.165) is 54.7 Å². The molecule has 2 amide bonds. The number of nitrogens with zero attached hydrogens (tertiary/aromatic N) is 2. The fourth-order valence-corrected chi connectivity index (χ4v) is 14.4. The molecule has 0 radical (unpaired) electrons. The molecule has 2 aliphatic rings. The lowest BCUT2D eigenvalue weighted by atomic mass is 9.84. The van der Waals surface area contributed by atoms with Gasteiger partial charge in [0.2, 0.25) is 5.91 Å². The van der Waals surface area contributed by atoms with Gasteiger partial charge < -0.3 is 15.4 Å². The third kappa shape index (κ3) is 12.1. The molecule has 2 atom stereocenters. The van der Waals surface area contributed by atoms with E-state index in [9.17, 15) is 9.59 Å². The fourth-order valence-electron chi connectivity index (χ4n) is 11.1. The van der Waals surface area contributed by atoms with Crippen LogP contribution in [0.1, 0.15) is 64.6 Å². The molecule has 9 rings (SSSR count). The van der Waals surface area contributed by atoms with Crippen LogP contribution >= 0.6 is 46.7 Å². The highest BCUT2D eigenvalue weighted by Crippen LogP contribution is 2.50. The molecule has 0 aliphatic carbocycles. The summed E-state index contributed by atoms with van der Waals surface area (Å²) in [5.74, 6) is 1.35. The molecule has 1 fully saturated rings. The Morgan fingerprint density at radius 3 is 1.54 bits per heavy atom. The second-order valence-electron chi connectivity index (χ2n) is 18.9. The quantitative estimate of drug-likeness (QED) is 0.0355. The van der Waals surface area contributed by atoms with E-state index in [1.54, 1.807) is 7.11 Å². The summed E-state index contributed by atoms with van der Waals surface area (Å²) >= 11 is 16.7. The van der Waals surface area contributed by atoms with Crippen LogP contribution in [0.2, 0.25) is 10.0 Å². The van der Waals surface area contributed by atoms with Gasteiger partial charge in [0.1, 0.15) is 6.73 Å². The Hall–Kier alpha value is -5.62. The molecule has 2 N–H and O–H groups in total. The molecule has 0 aromatic heterocycles. The minimum atomic E-state index is -0.483. The van der Waals surface area contributed by atoms with Gasteiger partial charge in [0.15, 0.2) is 0 Å². The summed E-state index contributed by atoms with van der Waals surface area (Å²) in [5.41, 5.74) is 9.93. The maximum absolute atomic E-state index is 14.4. The topological polar surface area (TPSA) is 73.9 Å². The Bertz CT molecular complexity index is 2740. The molecule has 2 bridgehead atoms. The molecule has 0 saturated carbocycles. The van der Waals surface area contributed by atoms with Gasteiger partial charge in [0.25, 0.3) is 5.91 Å². The number of amides is 2. The summed E-state index contributed by atoms with van der Waals surface area (Å²) in [6.07, 6.45) is 3.42. The summed E-state index contributed by atoms with van der Waals surface area (Å²) in [4.78, 5) is 33.2. The minimum absolute atomic E-state index is 0.00474. The second kappa shape index (κ2) is 25.7. The summed E-state index contributed by atoms with van der Waals surface area (Å²) in [6.45, 7) is 3.09. The number of ether oxygens (including phenoxy) is 1. The van der Waals surface area contributed by atoms with E-state index in [1.165, 1.54) is 33.4 Å². The zero-order chi connectivity index (χ0) is 51.2. The number of thioether (sulfide) groups is 2. The van der Waals surface area contributed by atoms with E-state index >= 15 is 0 Å². The van der Waals surface area contributed by atoms with Crippen LogP contribution in [0.15, 0.2) is 206 Å². The number of benzene rings is 7. The SMILES string of the molecule is COCNC(=O)C1=C(c2ccc(Cl)c(Cl)c2)CC2CC[C@H]1N2CCCN(CCSC(c1ccccc1)(c1ccccc1)c1ccccc1)CC(=O)NCCSC(c1ccccc1)(c1ccccc1)c1ccccc1. The molecule has 0 spiro atoms. The zero-order valence-electron chi connectivity index (χ0n) is 41.9. The molecule has 74 heavy (non-hydrogen) atoms. The summed E-state index contributed by atoms with van der Waals surface area (Å²) < 4.78 is 4.33. The average molecular weight is 1060 g/mol.